The number of nitrogens with zero attached hydrogens (tertiary/aromatic N) is 3. The number of amides is 1. The normalized spacial score (nSPS) is 23.5. The summed E-state index contributed by atoms with van der Waals surface area (Å²) in [7, 11) is 0. The van der Waals surface area contributed by atoms with Gasteiger partial charge in [0, 0.05) is 13.1 Å². The summed E-state index contributed by atoms with van der Waals surface area (Å²) in [5.41, 5.74) is 0.125. The van der Waals surface area contributed by atoms with Gasteiger partial charge in [0.1, 0.15) is 22.5 Å². The fourth-order valence-electron chi connectivity index (χ4n) is 2.76. The van der Waals surface area contributed by atoms with Crippen molar-refractivity contribution in [2.24, 2.45) is 0 Å². The molecule has 2 saturated heterocycles. The maximum absolute atomic E-state index is 12.1. The Hall–Kier alpha value is -1.40. The summed E-state index contributed by atoms with van der Waals surface area (Å²) in [6.45, 7) is 6.87. The molecule has 1 aromatic rings. The summed E-state index contributed by atoms with van der Waals surface area (Å²) in [6, 6.07) is 0. The summed E-state index contributed by atoms with van der Waals surface area (Å²) in [5.74, 6) is 0. The Kier molecular flexibility index (Phi) is 3.77. The van der Waals surface area contributed by atoms with Gasteiger partial charge in [-0.3, -0.25) is 4.98 Å². The van der Waals surface area contributed by atoms with Crippen LogP contribution in [-0.2, 0) is 9.47 Å². The Morgan fingerprint density at radius 1 is 1.36 bits per heavy atom. The highest BCUT2D eigenvalue weighted by Crippen LogP contribution is 2.55. The molecule has 2 aliphatic heterocycles. The van der Waals surface area contributed by atoms with E-state index < -0.39 is 5.60 Å². The summed E-state index contributed by atoms with van der Waals surface area (Å²) < 4.78 is 11.3. The third-order valence-corrected chi connectivity index (χ3v) is 4.14. The van der Waals surface area contributed by atoms with Gasteiger partial charge in [-0.15, -0.1) is 0 Å². The van der Waals surface area contributed by atoms with E-state index in [1.54, 1.807) is 11.1 Å². The highest BCUT2D eigenvalue weighted by atomic mass is 35.5. The van der Waals surface area contributed by atoms with Crippen LogP contribution < -0.4 is 0 Å². The molecular formula is C15H20ClN3O3. The largest absolute Gasteiger partial charge is 0.444 e. The van der Waals surface area contributed by atoms with Crippen molar-refractivity contribution in [3.05, 3.63) is 23.2 Å². The summed E-state index contributed by atoms with van der Waals surface area (Å²) in [6.07, 6.45) is 4.44. The lowest BCUT2D eigenvalue weighted by molar-refractivity contribution is 0.0165. The minimum atomic E-state index is -0.469. The van der Waals surface area contributed by atoms with Crippen LogP contribution in [0.3, 0.4) is 0 Å². The molecule has 1 atom stereocenters. The van der Waals surface area contributed by atoms with Crippen molar-refractivity contribution in [2.75, 3.05) is 13.1 Å². The van der Waals surface area contributed by atoms with Crippen molar-refractivity contribution < 1.29 is 14.3 Å². The smallest absolute Gasteiger partial charge is 0.410 e. The molecule has 1 spiro atoms. The number of aromatic nitrogens is 2. The van der Waals surface area contributed by atoms with Crippen LogP contribution in [0.15, 0.2) is 12.4 Å². The molecule has 1 amide bonds. The number of carbonyl (C=O) groups excluding carboxylic acids is 1. The van der Waals surface area contributed by atoms with Gasteiger partial charge >= 0.3 is 6.09 Å². The van der Waals surface area contributed by atoms with Gasteiger partial charge < -0.3 is 14.4 Å². The Morgan fingerprint density at radius 3 is 2.59 bits per heavy atom. The Bertz CT molecular complexity index is 562. The van der Waals surface area contributed by atoms with E-state index in [1.165, 1.54) is 6.20 Å². The predicted molar refractivity (Wildman–Crippen MR) is 80.6 cm³/mol. The molecule has 3 heterocycles. The first kappa shape index (κ1) is 15.5. The molecule has 7 heteroatoms. The Morgan fingerprint density at radius 2 is 2.05 bits per heavy atom. The first-order chi connectivity index (χ1) is 10.3. The average Bonchev–Trinajstić information content (AvgIpc) is 3.12. The van der Waals surface area contributed by atoms with E-state index in [4.69, 9.17) is 21.1 Å². The van der Waals surface area contributed by atoms with Crippen molar-refractivity contribution in [2.45, 2.75) is 50.9 Å². The van der Waals surface area contributed by atoms with Gasteiger partial charge in [0.25, 0.3) is 0 Å². The van der Waals surface area contributed by atoms with E-state index in [0.717, 1.165) is 18.5 Å². The van der Waals surface area contributed by atoms with Crippen molar-refractivity contribution >= 4 is 17.7 Å². The zero-order chi connectivity index (χ0) is 16.0. The van der Waals surface area contributed by atoms with Crippen molar-refractivity contribution in [3.63, 3.8) is 0 Å². The zero-order valence-corrected chi connectivity index (χ0v) is 13.8. The quantitative estimate of drug-likeness (QED) is 0.742. The maximum Gasteiger partial charge on any atom is 0.410 e. The fraction of sp³-hybridized carbons (Fsp3) is 0.667. The van der Waals surface area contributed by atoms with Crippen LogP contribution in [-0.4, -0.2) is 45.3 Å². The highest BCUT2D eigenvalue weighted by molar-refractivity contribution is 6.29. The average molecular weight is 326 g/mol. The summed E-state index contributed by atoms with van der Waals surface area (Å²) in [5, 5.41) is 0.373. The van der Waals surface area contributed by atoms with Crippen LogP contribution in [0, 0.1) is 0 Å². The lowest BCUT2D eigenvalue weighted by Crippen LogP contribution is -2.44. The Balaban J connectivity index is 1.57. The van der Waals surface area contributed by atoms with Gasteiger partial charge in [0.2, 0.25) is 0 Å². The lowest BCUT2D eigenvalue weighted by atomic mass is 9.92. The molecule has 0 bridgehead atoms. The number of carbonyl (C=O) groups is 1. The van der Waals surface area contributed by atoms with Crippen molar-refractivity contribution in [1.29, 1.82) is 0 Å². The summed E-state index contributed by atoms with van der Waals surface area (Å²) in [4.78, 5) is 22.1. The number of epoxide rings is 1. The topological polar surface area (TPSA) is 67.8 Å². The van der Waals surface area contributed by atoms with Gasteiger partial charge in [-0.25, -0.2) is 9.78 Å². The monoisotopic (exact) mass is 325 g/mol. The van der Waals surface area contributed by atoms with Crippen LogP contribution in [0.2, 0.25) is 5.15 Å². The molecule has 120 valence electrons. The predicted octanol–water partition coefficient (Wildman–Crippen LogP) is 2.97. The fourth-order valence-corrected chi connectivity index (χ4v) is 2.86. The van der Waals surface area contributed by atoms with E-state index >= 15 is 0 Å². The number of hydrogen-bond acceptors (Lipinski definition) is 5. The lowest BCUT2D eigenvalue weighted by Gasteiger charge is -2.32. The highest BCUT2D eigenvalue weighted by Gasteiger charge is 2.59. The zero-order valence-electron chi connectivity index (χ0n) is 13.0. The van der Waals surface area contributed by atoms with E-state index in [-0.39, 0.29) is 17.8 Å². The van der Waals surface area contributed by atoms with Gasteiger partial charge in [0.15, 0.2) is 0 Å². The molecule has 0 N–H and O–H groups in total. The third kappa shape index (κ3) is 3.17. The third-order valence-electron chi connectivity index (χ3n) is 3.94. The van der Waals surface area contributed by atoms with Crippen LogP contribution >= 0.6 is 11.6 Å². The second kappa shape index (κ2) is 5.35. The van der Waals surface area contributed by atoms with E-state index in [0.29, 0.717) is 18.2 Å². The van der Waals surface area contributed by atoms with Crippen LogP contribution in [0.1, 0.15) is 45.4 Å². The van der Waals surface area contributed by atoms with Gasteiger partial charge in [-0.2, -0.15) is 0 Å². The second-order valence-corrected chi connectivity index (χ2v) is 7.18. The standard InChI is InChI=1S/C15H20ClN3O3/c1-14(2,3)22-13(20)19-6-4-15(5-7-19)12(21-15)10-8-18-11(16)9-17-10/h8-9,12H,4-7H2,1-3H3. The number of likely N-dealkylation sites (tertiary alicyclic amines) is 1. The van der Waals surface area contributed by atoms with E-state index in [9.17, 15) is 4.79 Å². The molecule has 0 saturated carbocycles. The minimum Gasteiger partial charge on any atom is -0.444 e. The van der Waals surface area contributed by atoms with Crippen molar-refractivity contribution in [3.8, 4) is 0 Å². The molecule has 6 nitrogen and oxygen atoms in total. The Labute approximate surface area is 134 Å². The number of piperidine rings is 1. The molecular weight excluding hydrogens is 306 g/mol. The number of ether oxygens (including phenoxy) is 2. The molecule has 0 radical (unpaired) electrons. The number of rotatable bonds is 1. The first-order valence-corrected chi connectivity index (χ1v) is 7.80. The molecule has 3 rings (SSSR count). The molecule has 0 aliphatic carbocycles. The first-order valence-electron chi connectivity index (χ1n) is 7.42. The summed E-state index contributed by atoms with van der Waals surface area (Å²) >= 11 is 5.75. The van der Waals surface area contributed by atoms with Crippen LogP contribution in [0.5, 0.6) is 0 Å². The molecule has 1 unspecified atom stereocenters. The second-order valence-electron chi connectivity index (χ2n) is 6.79. The minimum absolute atomic E-state index is 0.0435. The van der Waals surface area contributed by atoms with Gasteiger partial charge in [-0.1, -0.05) is 11.6 Å². The van der Waals surface area contributed by atoms with Crippen LogP contribution in [0.25, 0.3) is 0 Å². The molecule has 2 aliphatic rings. The van der Waals surface area contributed by atoms with Gasteiger partial charge in [0.05, 0.1) is 18.1 Å². The maximum atomic E-state index is 12.1. The molecule has 2 fully saturated rings. The SMILES string of the molecule is CC(C)(C)OC(=O)N1CCC2(CC1)OC2c1cnc(Cl)cn1. The number of hydrogen-bond donors (Lipinski definition) is 0. The van der Waals surface area contributed by atoms with Crippen molar-refractivity contribution in [1.82, 2.24) is 14.9 Å². The van der Waals surface area contributed by atoms with Gasteiger partial charge in [-0.05, 0) is 33.6 Å². The van der Waals surface area contributed by atoms with Crippen LogP contribution in [0.4, 0.5) is 4.79 Å². The van der Waals surface area contributed by atoms with E-state index in [1.807, 2.05) is 20.8 Å². The van der Waals surface area contributed by atoms with E-state index in [2.05, 4.69) is 9.97 Å². The molecule has 0 aromatic carbocycles. The number of halogens is 1. The molecule has 1 aromatic heterocycles. The molecule has 22 heavy (non-hydrogen) atoms.